The van der Waals surface area contributed by atoms with Crippen molar-refractivity contribution >= 4 is 11.9 Å². The van der Waals surface area contributed by atoms with Crippen LogP contribution in [0.4, 0.5) is 0 Å². The molecule has 2 rings (SSSR count). The number of nitrogens with zero attached hydrogens (tertiary/aromatic N) is 4. The van der Waals surface area contributed by atoms with Gasteiger partial charge in [-0.05, 0) is 43.2 Å². The SMILES string of the molecule is CCCn1nnnc1COC(=O)c1c(C)[nH]c(C(=O)OCC)c1C. The number of aromatic amines is 1. The normalized spacial score (nSPS) is 10.7. The largest absolute Gasteiger partial charge is 0.461 e. The second-order valence-corrected chi connectivity index (χ2v) is 5.24. The van der Waals surface area contributed by atoms with Crippen LogP contribution in [0.5, 0.6) is 0 Å². The third-order valence-electron chi connectivity index (χ3n) is 3.50. The van der Waals surface area contributed by atoms with Crippen molar-refractivity contribution in [2.45, 2.75) is 47.3 Å². The second kappa shape index (κ2) is 7.71. The van der Waals surface area contributed by atoms with Crippen molar-refractivity contribution in [2.75, 3.05) is 6.61 Å². The van der Waals surface area contributed by atoms with Gasteiger partial charge in [0.15, 0.2) is 12.4 Å². The summed E-state index contributed by atoms with van der Waals surface area (Å²) in [5, 5.41) is 11.3. The van der Waals surface area contributed by atoms with E-state index in [4.69, 9.17) is 9.47 Å². The summed E-state index contributed by atoms with van der Waals surface area (Å²) < 4.78 is 11.9. The molecule has 2 aromatic heterocycles. The Labute approximate surface area is 139 Å². The second-order valence-electron chi connectivity index (χ2n) is 5.24. The fourth-order valence-corrected chi connectivity index (χ4v) is 2.38. The van der Waals surface area contributed by atoms with E-state index in [9.17, 15) is 9.59 Å². The zero-order valence-corrected chi connectivity index (χ0v) is 14.3. The van der Waals surface area contributed by atoms with Crippen molar-refractivity contribution in [1.82, 2.24) is 25.2 Å². The molecule has 0 amide bonds. The molecule has 0 radical (unpaired) electrons. The molecule has 0 aliphatic rings. The first kappa shape index (κ1) is 17.6. The Bertz CT molecular complexity index is 734. The first-order chi connectivity index (χ1) is 11.5. The maximum Gasteiger partial charge on any atom is 0.355 e. The fraction of sp³-hybridized carbons (Fsp3) is 0.533. The van der Waals surface area contributed by atoms with Crippen LogP contribution in [0.15, 0.2) is 0 Å². The Morgan fingerprint density at radius 2 is 1.92 bits per heavy atom. The number of ether oxygens (including phenoxy) is 2. The molecule has 0 fully saturated rings. The van der Waals surface area contributed by atoms with Crippen molar-refractivity contribution in [3.63, 3.8) is 0 Å². The van der Waals surface area contributed by atoms with E-state index in [-0.39, 0.29) is 18.9 Å². The highest BCUT2D eigenvalue weighted by Crippen LogP contribution is 2.20. The van der Waals surface area contributed by atoms with Crippen LogP contribution < -0.4 is 0 Å². The Balaban J connectivity index is 2.12. The Kier molecular flexibility index (Phi) is 5.67. The van der Waals surface area contributed by atoms with Gasteiger partial charge in [-0.15, -0.1) is 5.10 Å². The maximum atomic E-state index is 12.4. The molecule has 0 spiro atoms. The summed E-state index contributed by atoms with van der Waals surface area (Å²) >= 11 is 0. The molecule has 0 atom stereocenters. The van der Waals surface area contributed by atoms with Crippen LogP contribution in [0.25, 0.3) is 0 Å². The first-order valence-corrected chi connectivity index (χ1v) is 7.78. The van der Waals surface area contributed by atoms with E-state index in [0.29, 0.717) is 29.2 Å². The molecule has 0 bridgehead atoms. The zero-order chi connectivity index (χ0) is 17.7. The van der Waals surface area contributed by atoms with E-state index in [1.54, 1.807) is 25.5 Å². The molecule has 9 heteroatoms. The predicted octanol–water partition coefficient (Wildman–Crippen LogP) is 1.56. The molecular weight excluding hydrogens is 314 g/mol. The van der Waals surface area contributed by atoms with Crippen LogP contribution in [0, 0.1) is 13.8 Å². The lowest BCUT2D eigenvalue weighted by Crippen LogP contribution is -2.12. The zero-order valence-electron chi connectivity index (χ0n) is 14.3. The third-order valence-corrected chi connectivity index (χ3v) is 3.50. The lowest BCUT2D eigenvalue weighted by Gasteiger charge is -2.06. The van der Waals surface area contributed by atoms with Crippen LogP contribution in [0.1, 0.15) is 58.2 Å². The van der Waals surface area contributed by atoms with Gasteiger partial charge >= 0.3 is 11.9 Å². The number of hydrogen-bond donors (Lipinski definition) is 1. The molecule has 0 aliphatic carbocycles. The molecule has 2 aromatic rings. The van der Waals surface area contributed by atoms with Crippen LogP contribution in [0.2, 0.25) is 0 Å². The van der Waals surface area contributed by atoms with Crippen molar-refractivity contribution in [1.29, 1.82) is 0 Å². The molecule has 9 nitrogen and oxygen atoms in total. The van der Waals surface area contributed by atoms with E-state index >= 15 is 0 Å². The molecule has 0 unspecified atom stereocenters. The number of esters is 2. The summed E-state index contributed by atoms with van der Waals surface area (Å²) in [6.07, 6.45) is 0.866. The van der Waals surface area contributed by atoms with Crippen LogP contribution in [-0.2, 0) is 22.6 Å². The van der Waals surface area contributed by atoms with Gasteiger partial charge in [-0.25, -0.2) is 14.3 Å². The predicted molar refractivity (Wildman–Crippen MR) is 83.5 cm³/mol. The third kappa shape index (κ3) is 3.61. The van der Waals surface area contributed by atoms with E-state index in [1.165, 1.54) is 0 Å². The van der Waals surface area contributed by atoms with Crippen LogP contribution >= 0.6 is 0 Å². The standard InChI is InChI=1S/C15H21N5O4/c1-5-7-20-11(17-18-19-20)8-24-14(21)12-9(3)13(16-10(12)4)15(22)23-6-2/h16H,5-8H2,1-4H3. The van der Waals surface area contributed by atoms with Gasteiger partial charge in [0.2, 0.25) is 0 Å². The minimum Gasteiger partial charge on any atom is -0.461 e. The minimum atomic E-state index is -0.539. The highest BCUT2D eigenvalue weighted by Gasteiger charge is 2.24. The van der Waals surface area contributed by atoms with Crippen LogP contribution in [0.3, 0.4) is 0 Å². The molecule has 0 aromatic carbocycles. The first-order valence-electron chi connectivity index (χ1n) is 7.78. The van der Waals surface area contributed by atoms with E-state index in [1.807, 2.05) is 6.92 Å². The van der Waals surface area contributed by atoms with Gasteiger partial charge < -0.3 is 14.5 Å². The average molecular weight is 335 g/mol. The molecular formula is C15H21N5O4. The minimum absolute atomic E-state index is 0.0371. The number of aryl methyl sites for hydroxylation is 2. The topological polar surface area (TPSA) is 112 Å². The number of rotatable bonds is 7. The van der Waals surface area contributed by atoms with Gasteiger partial charge in [-0.1, -0.05) is 6.92 Å². The van der Waals surface area contributed by atoms with Crippen molar-refractivity contribution in [2.24, 2.45) is 0 Å². The quantitative estimate of drug-likeness (QED) is 0.764. The van der Waals surface area contributed by atoms with E-state index in [0.717, 1.165) is 6.42 Å². The molecule has 130 valence electrons. The Morgan fingerprint density at radius 1 is 1.17 bits per heavy atom. The molecule has 24 heavy (non-hydrogen) atoms. The monoisotopic (exact) mass is 335 g/mol. The number of aromatic nitrogens is 5. The summed E-state index contributed by atoms with van der Waals surface area (Å²) in [6, 6.07) is 0. The summed E-state index contributed by atoms with van der Waals surface area (Å²) in [5.74, 6) is -0.562. The number of carbonyl (C=O) groups excluding carboxylic acids is 2. The van der Waals surface area contributed by atoms with Gasteiger partial charge in [0.1, 0.15) is 5.69 Å². The molecule has 2 heterocycles. The lowest BCUT2D eigenvalue weighted by molar-refractivity contribution is 0.0455. The number of nitrogens with one attached hydrogen (secondary N) is 1. The smallest absolute Gasteiger partial charge is 0.355 e. The average Bonchev–Trinajstić information content (AvgIpc) is 3.10. The number of carbonyl (C=O) groups is 2. The molecule has 1 N–H and O–H groups in total. The highest BCUT2D eigenvalue weighted by atomic mass is 16.5. The van der Waals surface area contributed by atoms with Crippen molar-refractivity contribution in [3.05, 3.63) is 28.3 Å². The lowest BCUT2D eigenvalue weighted by atomic mass is 10.1. The molecule has 0 saturated carbocycles. The molecule has 0 saturated heterocycles. The maximum absolute atomic E-state index is 12.4. The number of tetrazole rings is 1. The van der Waals surface area contributed by atoms with Crippen molar-refractivity contribution < 1.29 is 19.1 Å². The van der Waals surface area contributed by atoms with Crippen molar-refractivity contribution in [3.8, 4) is 0 Å². The van der Waals surface area contributed by atoms with Gasteiger partial charge in [0.05, 0.1) is 12.2 Å². The summed E-state index contributed by atoms with van der Waals surface area (Å²) in [7, 11) is 0. The Hall–Kier alpha value is -2.71. The fourth-order valence-electron chi connectivity index (χ4n) is 2.38. The van der Waals surface area contributed by atoms with Gasteiger partial charge in [0, 0.05) is 12.2 Å². The van der Waals surface area contributed by atoms with Gasteiger partial charge in [-0.3, -0.25) is 0 Å². The summed E-state index contributed by atoms with van der Waals surface area (Å²) in [4.78, 5) is 27.1. The molecule has 0 aliphatic heterocycles. The van der Waals surface area contributed by atoms with Gasteiger partial charge in [-0.2, -0.15) is 0 Å². The van der Waals surface area contributed by atoms with E-state index < -0.39 is 11.9 Å². The van der Waals surface area contributed by atoms with E-state index in [2.05, 4.69) is 20.5 Å². The Morgan fingerprint density at radius 3 is 2.58 bits per heavy atom. The summed E-state index contributed by atoms with van der Waals surface area (Å²) in [6.45, 7) is 7.97. The van der Waals surface area contributed by atoms with Gasteiger partial charge in [0.25, 0.3) is 0 Å². The number of hydrogen-bond acceptors (Lipinski definition) is 7. The summed E-state index contributed by atoms with van der Waals surface area (Å²) in [5.41, 5.74) is 1.64. The highest BCUT2D eigenvalue weighted by molar-refractivity contribution is 5.98. The van der Waals surface area contributed by atoms with Crippen LogP contribution in [-0.4, -0.2) is 43.7 Å². The number of H-pyrrole nitrogens is 1.